The molecule has 1 aromatic heterocycles. The van der Waals surface area contributed by atoms with Gasteiger partial charge in [0.1, 0.15) is 10.6 Å². The normalized spacial score (nSPS) is 10.9. The molecular weight excluding hydrogens is 419 g/mol. The van der Waals surface area contributed by atoms with Crippen molar-refractivity contribution in [3.05, 3.63) is 51.3 Å². The van der Waals surface area contributed by atoms with Gasteiger partial charge >= 0.3 is 0 Å². The molecule has 0 atom stereocenters. The van der Waals surface area contributed by atoms with Crippen molar-refractivity contribution in [3.63, 3.8) is 0 Å². The number of ether oxygens (including phenoxy) is 1. The van der Waals surface area contributed by atoms with E-state index in [0.717, 1.165) is 10.1 Å². The third kappa shape index (κ3) is 4.24. The zero-order valence-corrected chi connectivity index (χ0v) is 17.8. The maximum absolute atomic E-state index is 12.7. The lowest BCUT2D eigenvalue weighted by molar-refractivity contribution is -0.118. The van der Waals surface area contributed by atoms with Crippen LogP contribution in [0.1, 0.15) is 23.5 Å². The summed E-state index contributed by atoms with van der Waals surface area (Å²) in [6, 6.07) is 10.3. The predicted octanol–water partition coefficient (Wildman–Crippen LogP) is 6.06. The SMILES string of the molecule is COc1cc(NC(=O)c2sc3cc(Cl)ccc3c2Cl)ccc1NC(=O)C(C)C. The molecule has 3 aromatic rings. The first-order valence-electron chi connectivity index (χ1n) is 8.48. The van der Waals surface area contributed by atoms with Crippen LogP contribution in [-0.2, 0) is 4.79 Å². The van der Waals surface area contributed by atoms with E-state index in [1.54, 1.807) is 50.2 Å². The molecule has 146 valence electrons. The Kier molecular flexibility index (Phi) is 6.13. The van der Waals surface area contributed by atoms with Crippen LogP contribution in [0.4, 0.5) is 11.4 Å². The Hall–Kier alpha value is -2.28. The summed E-state index contributed by atoms with van der Waals surface area (Å²) in [6.45, 7) is 3.61. The van der Waals surface area contributed by atoms with Crippen molar-refractivity contribution in [2.75, 3.05) is 17.7 Å². The van der Waals surface area contributed by atoms with Gasteiger partial charge in [-0.1, -0.05) is 43.1 Å². The molecule has 2 N–H and O–H groups in total. The molecule has 0 unspecified atom stereocenters. The summed E-state index contributed by atoms with van der Waals surface area (Å²) in [6.07, 6.45) is 0. The number of anilines is 2. The fourth-order valence-corrected chi connectivity index (χ4v) is 4.21. The number of thiophene rings is 1. The molecule has 8 heteroatoms. The summed E-state index contributed by atoms with van der Waals surface area (Å²) >= 11 is 13.7. The second-order valence-electron chi connectivity index (χ2n) is 6.40. The third-order valence-corrected chi connectivity index (χ3v) is 5.93. The van der Waals surface area contributed by atoms with Crippen LogP contribution in [0, 0.1) is 5.92 Å². The third-order valence-electron chi connectivity index (χ3n) is 4.04. The number of benzene rings is 2. The lowest BCUT2D eigenvalue weighted by Crippen LogP contribution is -2.18. The Balaban J connectivity index is 1.84. The van der Waals surface area contributed by atoms with Gasteiger partial charge in [0.25, 0.3) is 5.91 Å². The quantitative estimate of drug-likeness (QED) is 0.510. The maximum atomic E-state index is 12.7. The van der Waals surface area contributed by atoms with Crippen LogP contribution in [0.2, 0.25) is 10.0 Å². The predicted molar refractivity (Wildman–Crippen MR) is 116 cm³/mol. The van der Waals surface area contributed by atoms with E-state index in [9.17, 15) is 9.59 Å². The molecule has 5 nitrogen and oxygen atoms in total. The average Bonchev–Trinajstić information content (AvgIpc) is 2.98. The number of fused-ring (bicyclic) bond motifs is 1. The highest BCUT2D eigenvalue weighted by Gasteiger charge is 2.18. The largest absolute Gasteiger partial charge is 0.494 e. The Morgan fingerprint density at radius 3 is 2.50 bits per heavy atom. The number of methoxy groups -OCH3 is 1. The number of hydrogen-bond donors (Lipinski definition) is 2. The number of carbonyl (C=O) groups is 2. The topological polar surface area (TPSA) is 67.4 Å². The summed E-state index contributed by atoms with van der Waals surface area (Å²) in [5, 5.41) is 7.37. The van der Waals surface area contributed by atoms with Gasteiger partial charge < -0.3 is 15.4 Å². The molecule has 0 aliphatic heterocycles. The number of halogens is 2. The average molecular weight is 437 g/mol. The van der Waals surface area contributed by atoms with Gasteiger partial charge in [-0.15, -0.1) is 11.3 Å². The minimum Gasteiger partial charge on any atom is -0.494 e. The van der Waals surface area contributed by atoms with Crippen LogP contribution in [0.3, 0.4) is 0 Å². The van der Waals surface area contributed by atoms with Crippen molar-refractivity contribution in [1.29, 1.82) is 0 Å². The van der Waals surface area contributed by atoms with Crippen molar-refractivity contribution >= 4 is 67.8 Å². The van der Waals surface area contributed by atoms with Gasteiger partial charge in [-0.3, -0.25) is 9.59 Å². The van der Waals surface area contributed by atoms with Gasteiger partial charge in [-0.2, -0.15) is 0 Å². The number of rotatable bonds is 5. The highest BCUT2D eigenvalue weighted by Crippen LogP contribution is 2.37. The molecule has 2 aromatic carbocycles. The summed E-state index contributed by atoms with van der Waals surface area (Å²) in [4.78, 5) is 25.0. The molecular formula is C20H18Cl2N2O3S. The molecule has 0 saturated carbocycles. The molecule has 2 amide bonds. The van der Waals surface area contributed by atoms with Gasteiger partial charge in [0.2, 0.25) is 5.91 Å². The van der Waals surface area contributed by atoms with Crippen molar-refractivity contribution in [2.45, 2.75) is 13.8 Å². The number of amides is 2. The fraction of sp³-hybridized carbons (Fsp3) is 0.200. The number of nitrogens with one attached hydrogen (secondary N) is 2. The maximum Gasteiger partial charge on any atom is 0.267 e. The second-order valence-corrected chi connectivity index (χ2v) is 8.27. The van der Waals surface area contributed by atoms with Crippen molar-refractivity contribution < 1.29 is 14.3 Å². The highest BCUT2D eigenvalue weighted by atomic mass is 35.5. The molecule has 28 heavy (non-hydrogen) atoms. The first kappa shape index (κ1) is 20.5. The van der Waals surface area contributed by atoms with E-state index in [2.05, 4.69) is 10.6 Å². The minimum atomic E-state index is -0.330. The van der Waals surface area contributed by atoms with Gasteiger partial charge in [0.15, 0.2) is 0 Å². The van der Waals surface area contributed by atoms with E-state index in [1.807, 2.05) is 0 Å². The first-order chi connectivity index (χ1) is 13.3. The number of hydrogen-bond acceptors (Lipinski definition) is 4. The second kappa shape index (κ2) is 8.39. The molecule has 0 radical (unpaired) electrons. The van der Waals surface area contributed by atoms with Crippen LogP contribution < -0.4 is 15.4 Å². The van der Waals surface area contributed by atoms with Crippen LogP contribution in [0.15, 0.2) is 36.4 Å². The van der Waals surface area contributed by atoms with Crippen molar-refractivity contribution in [3.8, 4) is 5.75 Å². The van der Waals surface area contributed by atoms with Gasteiger partial charge in [-0.05, 0) is 24.3 Å². The van der Waals surface area contributed by atoms with Crippen LogP contribution in [0.5, 0.6) is 5.75 Å². The smallest absolute Gasteiger partial charge is 0.267 e. The van der Waals surface area contributed by atoms with Gasteiger partial charge in [0, 0.05) is 32.8 Å². The van der Waals surface area contributed by atoms with Crippen molar-refractivity contribution in [1.82, 2.24) is 0 Å². The van der Waals surface area contributed by atoms with Crippen LogP contribution in [-0.4, -0.2) is 18.9 Å². The summed E-state index contributed by atoms with van der Waals surface area (Å²) in [5.74, 6) is -0.164. The molecule has 0 aliphatic rings. The highest BCUT2D eigenvalue weighted by molar-refractivity contribution is 7.21. The Morgan fingerprint density at radius 1 is 1.07 bits per heavy atom. The lowest BCUT2D eigenvalue weighted by Gasteiger charge is -2.13. The van der Waals surface area contributed by atoms with Crippen LogP contribution in [0.25, 0.3) is 10.1 Å². The zero-order valence-electron chi connectivity index (χ0n) is 15.4. The number of carbonyl (C=O) groups excluding carboxylic acids is 2. The molecule has 0 bridgehead atoms. The monoisotopic (exact) mass is 436 g/mol. The fourth-order valence-electron chi connectivity index (χ4n) is 2.52. The minimum absolute atomic E-state index is 0.120. The van der Waals surface area contributed by atoms with E-state index in [1.165, 1.54) is 18.4 Å². The van der Waals surface area contributed by atoms with Gasteiger partial charge in [0.05, 0.1) is 17.8 Å². The zero-order chi connectivity index (χ0) is 20.4. The lowest BCUT2D eigenvalue weighted by atomic mass is 10.2. The van der Waals surface area contributed by atoms with E-state index >= 15 is 0 Å². The van der Waals surface area contributed by atoms with Crippen molar-refractivity contribution in [2.24, 2.45) is 5.92 Å². The molecule has 0 fully saturated rings. The molecule has 1 heterocycles. The summed E-state index contributed by atoms with van der Waals surface area (Å²) < 4.78 is 6.17. The molecule has 0 saturated heterocycles. The Labute approximate surface area is 176 Å². The van der Waals surface area contributed by atoms with E-state index in [0.29, 0.717) is 32.0 Å². The van der Waals surface area contributed by atoms with E-state index < -0.39 is 0 Å². The Bertz CT molecular complexity index is 1060. The molecule has 0 aliphatic carbocycles. The summed E-state index contributed by atoms with van der Waals surface area (Å²) in [5.41, 5.74) is 1.06. The van der Waals surface area contributed by atoms with Gasteiger partial charge in [-0.25, -0.2) is 0 Å². The molecule has 0 spiro atoms. The molecule has 3 rings (SSSR count). The summed E-state index contributed by atoms with van der Waals surface area (Å²) in [7, 11) is 1.50. The standard InChI is InChI=1S/C20H18Cl2N2O3S/c1-10(2)19(25)24-14-7-5-12(9-15(14)27-3)23-20(26)18-17(22)13-6-4-11(21)8-16(13)28-18/h4-10H,1-3H3,(H,23,26)(H,24,25). The van der Waals surface area contributed by atoms with E-state index in [4.69, 9.17) is 27.9 Å². The van der Waals surface area contributed by atoms with Crippen LogP contribution >= 0.6 is 34.5 Å². The first-order valence-corrected chi connectivity index (χ1v) is 10.0. The Morgan fingerprint density at radius 2 is 1.82 bits per heavy atom. The van der Waals surface area contributed by atoms with E-state index in [-0.39, 0.29) is 17.7 Å².